The van der Waals surface area contributed by atoms with Crippen LogP contribution < -0.4 is 15.4 Å². The molecule has 2 N–H and O–H groups in total. The number of nitrogens with zero attached hydrogens (tertiary/aromatic N) is 2. The zero-order valence-electron chi connectivity index (χ0n) is 13.3. The first-order valence-corrected chi connectivity index (χ1v) is 8.68. The first-order chi connectivity index (χ1) is 11.7. The van der Waals surface area contributed by atoms with Crippen molar-refractivity contribution < 1.29 is 14.3 Å². The number of benzene rings is 1. The number of carbonyl (C=O) groups is 2. The molecule has 24 heavy (non-hydrogen) atoms. The number of aromatic nitrogens is 2. The summed E-state index contributed by atoms with van der Waals surface area (Å²) in [6.45, 7) is 2.14. The highest BCUT2D eigenvalue weighted by atomic mass is 32.1. The Morgan fingerprint density at radius 2 is 2.25 bits per heavy atom. The molecule has 2 aromatic rings. The second-order valence-corrected chi connectivity index (χ2v) is 6.52. The number of unbranched alkanes of at least 4 members (excludes halogenated alkanes) is 2. The van der Waals surface area contributed by atoms with Crippen LogP contribution in [0.3, 0.4) is 0 Å². The minimum Gasteiger partial charge on any atom is -0.482 e. The van der Waals surface area contributed by atoms with Gasteiger partial charge in [-0.05, 0) is 24.6 Å². The van der Waals surface area contributed by atoms with Gasteiger partial charge in [0.25, 0.3) is 11.8 Å². The van der Waals surface area contributed by atoms with Gasteiger partial charge in [-0.25, -0.2) is 0 Å². The number of ether oxygens (including phenoxy) is 1. The van der Waals surface area contributed by atoms with Gasteiger partial charge in [0.05, 0.1) is 5.69 Å². The van der Waals surface area contributed by atoms with Crippen molar-refractivity contribution in [3.05, 3.63) is 28.8 Å². The quantitative estimate of drug-likeness (QED) is 0.785. The van der Waals surface area contributed by atoms with Crippen LogP contribution in [0.15, 0.2) is 18.2 Å². The van der Waals surface area contributed by atoms with Gasteiger partial charge in [-0.15, -0.1) is 10.2 Å². The van der Waals surface area contributed by atoms with Gasteiger partial charge in [0.1, 0.15) is 10.8 Å². The summed E-state index contributed by atoms with van der Waals surface area (Å²) in [7, 11) is 0. The molecule has 1 aliphatic heterocycles. The fourth-order valence-electron chi connectivity index (χ4n) is 2.33. The largest absolute Gasteiger partial charge is 0.482 e. The molecule has 0 bridgehead atoms. The Hall–Kier alpha value is -2.48. The minimum atomic E-state index is -0.297. The molecule has 0 unspecified atom stereocenters. The van der Waals surface area contributed by atoms with Crippen LogP contribution in [0.5, 0.6) is 5.75 Å². The summed E-state index contributed by atoms with van der Waals surface area (Å²) >= 11 is 1.39. The molecule has 1 aliphatic rings. The van der Waals surface area contributed by atoms with E-state index >= 15 is 0 Å². The van der Waals surface area contributed by atoms with E-state index in [0.29, 0.717) is 22.1 Å². The third kappa shape index (κ3) is 3.88. The van der Waals surface area contributed by atoms with Crippen molar-refractivity contribution >= 4 is 34.0 Å². The second-order valence-electron chi connectivity index (χ2n) is 5.46. The Balaban J connectivity index is 1.65. The van der Waals surface area contributed by atoms with Gasteiger partial charge in [0.15, 0.2) is 6.61 Å². The van der Waals surface area contributed by atoms with E-state index in [2.05, 4.69) is 27.8 Å². The number of aryl methyl sites for hydroxylation is 1. The molecule has 2 amide bonds. The van der Waals surface area contributed by atoms with Crippen molar-refractivity contribution in [1.29, 1.82) is 0 Å². The van der Waals surface area contributed by atoms with Crippen LogP contribution in [-0.4, -0.2) is 28.6 Å². The summed E-state index contributed by atoms with van der Waals surface area (Å²) in [5.74, 6) is 0.0232. The Morgan fingerprint density at radius 3 is 3.08 bits per heavy atom. The Morgan fingerprint density at radius 1 is 1.38 bits per heavy atom. The van der Waals surface area contributed by atoms with E-state index in [-0.39, 0.29) is 18.4 Å². The van der Waals surface area contributed by atoms with Crippen LogP contribution in [0.2, 0.25) is 0 Å². The lowest BCUT2D eigenvalue weighted by atomic mass is 10.1. The van der Waals surface area contributed by atoms with Gasteiger partial charge in [-0.3, -0.25) is 14.9 Å². The maximum Gasteiger partial charge on any atom is 0.262 e. The van der Waals surface area contributed by atoms with Crippen LogP contribution in [0.1, 0.15) is 41.6 Å². The highest BCUT2D eigenvalue weighted by Gasteiger charge is 2.18. The average molecular weight is 346 g/mol. The lowest BCUT2D eigenvalue weighted by molar-refractivity contribution is -0.118. The van der Waals surface area contributed by atoms with E-state index < -0.39 is 0 Å². The summed E-state index contributed by atoms with van der Waals surface area (Å²) in [4.78, 5) is 23.7. The fraction of sp³-hybridized carbons (Fsp3) is 0.375. The predicted octanol–water partition coefficient (Wildman–Crippen LogP) is 2.85. The average Bonchev–Trinajstić information content (AvgIpc) is 3.01. The highest BCUT2D eigenvalue weighted by molar-refractivity contribution is 7.15. The van der Waals surface area contributed by atoms with Gasteiger partial charge >= 0.3 is 0 Å². The fourth-order valence-corrected chi connectivity index (χ4v) is 3.10. The van der Waals surface area contributed by atoms with Crippen LogP contribution in [0.25, 0.3) is 0 Å². The monoisotopic (exact) mass is 346 g/mol. The lowest BCUT2D eigenvalue weighted by Crippen LogP contribution is -2.25. The summed E-state index contributed by atoms with van der Waals surface area (Å²) in [5, 5.41) is 14.9. The Kier molecular flexibility index (Phi) is 5.05. The molecule has 0 fully saturated rings. The standard InChI is InChI=1S/C16H18N4O3S/c1-2-3-4-5-14-19-20-16(24-14)18-15(22)10-6-7-12-11(8-10)17-13(21)9-23-12/h6-8H,2-5,9H2,1H3,(H,17,21)(H,18,20,22). The smallest absolute Gasteiger partial charge is 0.262 e. The molecule has 0 spiro atoms. The van der Waals surface area contributed by atoms with Crippen LogP contribution in [-0.2, 0) is 11.2 Å². The molecule has 1 aromatic carbocycles. The molecule has 0 aliphatic carbocycles. The normalized spacial score (nSPS) is 13.0. The SMILES string of the molecule is CCCCCc1nnc(NC(=O)c2ccc3c(c2)NC(=O)CO3)s1. The van der Waals surface area contributed by atoms with Gasteiger partial charge < -0.3 is 10.1 Å². The minimum absolute atomic E-state index is 0.00979. The first-order valence-electron chi connectivity index (χ1n) is 7.86. The molecule has 0 radical (unpaired) electrons. The summed E-state index contributed by atoms with van der Waals surface area (Å²) in [5.41, 5.74) is 0.915. The molecule has 0 atom stereocenters. The number of carbonyl (C=O) groups excluding carboxylic acids is 2. The molecule has 7 nitrogen and oxygen atoms in total. The van der Waals surface area contributed by atoms with Gasteiger partial charge in [-0.1, -0.05) is 31.1 Å². The van der Waals surface area contributed by atoms with Crippen LogP contribution in [0, 0.1) is 0 Å². The third-order valence-electron chi connectivity index (χ3n) is 3.56. The number of hydrogen-bond donors (Lipinski definition) is 2. The number of fused-ring (bicyclic) bond motifs is 1. The van der Waals surface area contributed by atoms with Crippen molar-refractivity contribution in [3.63, 3.8) is 0 Å². The lowest BCUT2D eigenvalue weighted by Gasteiger charge is -2.18. The molecular formula is C16H18N4O3S. The Bertz CT molecular complexity index is 760. The van der Waals surface area contributed by atoms with Crippen LogP contribution in [0.4, 0.5) is 10.8 Å². The number of anilines is 2. The Labute approximate surface area is 143 Å². The molecule has 8 heteroatoms. The van der Waals surface area contributed by atoms with Crippen molar-refractivity contribution in [3.8, 4) is 5.75 Å². The number of nitrogens with one attached hydrogen (secondary N) is 2. The van der Waals surface area contributed by atoms with Gasteiger partial charge in [-0.2, -0.15) is 0 Å². The number of amides is 2. The summed E-state index contributed by atoms with van der Waals surface area (Å²) in [6, 6.07) is 4.90. The molecular weight excluding hydrogens is 328 g/mol. The van der Waals surface area contributed by atoms with Crippen molar-refractivity contribution in [2.75, 3.05) is 17.2 Å². The topological polar surface area (TPSA) is 93.2 Å². The first kappa shape index (κ1) is 16.4. The van der Waals surface area contributed by atoms with E-state index in [9.17, 15) is 9.59 Å². The number of rotatable bonds is 6. The number of hydrogen-bond acceptors (Lipinski definition) is 6. The van der Waals surface area contributed by atoms with Crippen molar-refractivity contribution in [1.82, 2.24) is 10.2 Å². The van der Waals surface area contributed by atoms with E-state index in [0.717, 1.165) is 30.7 Å². The van der Waals surface area contributed by atoms with E-state index in [1.54, 1.807) is 18.2 Å². The van der Waals surface area contributed by atoms with E-state index in [1.807, 2.05) is 0 Å². The highest BCUT2D eigenvalue weighted by Crippen LogP contribution is 2.29. The molecule has 126 valence electrons. The van der Waals surface area contributed by atoms with Crippen molar-refractivity contribution in [2.24, 2.45) is 0 Å². The molecule has 1 aromatic heterocycles. The maximum absolute atomic E-state index is 12.3. The van der Waals surface area contributed by atoms with E-state index in [4.69, 9.17) is 4.74 Å². The van der Waals surface area contributed by atoms with Gasteiger partial charge in [0, 0.05) is 12.0 Å². The zero-order valence-corrected chi connectivity index (χ0v) is 14.1. The third-order valence-corrected chi connectivity index (χ3v) is 4.45. The maximum atomic E-state index is 12.3. The molecule has 0 saturated heterocycles. The zero-order chi connectivity index (χ0) is 16.9. The molecule has 2 heterocycles. The van der Waals surface area contributed by atoms with Crippen LogP contribution >= 0.6 is 11.3 Å². The predicted molar refractivity (Wildman–Crippen MR) is 91.7 cm³/mol. The summed E-state index contributed by atoms with van der Waals surface area (Å²) in [6.07, 6.45) is 4.26. The van der Waals surface area contributed by atoms with Crippen molar-refractivity contribution in [2.45, 2.75) is 32.6 Å². The molecule has 0 saturated carbocycles. The summed E-state index contributed by atoms with van der Waals surface area (Å²) < 4.78 is 5.27. The van der Waals surface area contributed by atoms with Gasteiger partial charge in [0.2, 0.25) is 5.13 Å². The second kappa shape index (κ2) is 7.39. The molecule has 3 rings (SSSR count). The van der Waals surface area contributed by atoms with E-state index in [1.165, 1.54) is 11.3 Å².